The van der Waals surface area contributed by atoms with Gasteiger partial charge in [-0.05, 0) is 36.5 Å². The van der Waals surface area contributed by atoms with Gasteiger partial charge in [0.2, 0.25) is 0 Å². The third-order valence-electron chi connectivity index (χ3n) is 4.22. The number of nitrogens with zero attached hydrogens (tertiary/aromatic N) is 2. The van der Waals surface area contributed by atoms with Crippen molar-refractivity contribution >= 4 is 16.9 Å². The Bertz CT molecular complexity index is 1020. The van der Waals surface area contributed by atoms with Crippen LogP contribution in [0.15, 0.2) is 35.1 Å². The first kappa shape index (κ1) is 17.1. The second kappa shape index (κ2) is 5.99. The zero-order chi connectivity index (χ0) is 18.4. The van der Waals surface area contributed by atoms with E-state index < -0.39 is 0 Å². The summed E-state index contributed by atoms with van der Waals surface area (Å²) in [6, 6.07) is 9.46. The maximum atomic E-state index is 12.1. The minimum absolute atomic E-state index is 0.0203. The summed E-state index contributed by atoms with van der Waals surface area (Å²) in [6.45, 7) is 8.04. The number of imidazole rings is 1. The maximum Gasteiger partial charge on any atom is 0.327 e. The van der Waals surface area contributed by atoms with Crippen molar-refractivity contribution in [1.82, 2.24) is 14.5 Å². The first-order valence-electron chi connectivity index (χ1n) is 8.36. The highest BCUT2D eigenvalue weighted by molar-refractivity contribution is 5.95. The lowest BCUT2D eigenvalue weighted by atomic mass is 9.87. The Hall–Kier alpha value is -2.69. The minimum Gasteiger partial charge on any atom is -0.304 e. The van der Waals surface area contributed by atoms with Crippen molar-refractivity contribution < 1.29 is 4.79 Å². The molecular formula is C20H23N3O2. The number of hydrogen-bond acceptors (Lipinski definition) is 3. The fourth-order valence-electron chi connectivity index (χ4n) is 3.01. The molecule has 0 saturated heterocycles. The Labute approximate surface area is 146 Å². The number of pyridine rings is 1. The number of rotatable bonds is 3. The molecule has 3 rings (SSSR count). The van der Waals surface area contributed by atoms with Crippen LogP contribution >= 0.6 is 0 Å². The average molecular weight is 337 g/mol. The van der Waals surface area contributed by atoms with Gasteiger partial charge in [0.1, 0.15) is 0 Å². The number of benzene rings is 1. The number of fused-ring (bicyclic) bond motifs is 1. The molecule has 0 saturated carbocycles. The fourth-order valence-corrected chi connectivity index (χ4v) is 3.01. The molecule has 0 radical (unpaired) electrons. The van der Waals surface area contributed by atoms with Crippen LogP contribution in [-0.4, -0.2) is 20.3 Å². The van der Waals surface area contributed by atoms with E-state index in [0.717, 1.165) is 28.8 Å². The molecule has 3 aromatic rings. The molecule has 5 heteroatoms. The van der Waals surface area contributed by atoms with E-state index in [1.54, 1.807) is 20.0 Å². The van der Waals surface area contributed by atoms with Crippen molar-refractivity contribution in [3.8, 4) is 11.3 Å². The normalized spacial score (nSPS) is 11.9. The van der Waals surface area contributed by atoms with E-state index in [9.17, 15) is 9.59 Å². The summed E-state index contributed by atoms with van der Waals surface area (Å²) < 4.78 is 1.53. The molecule has 0 atom stereocenters. The SMILES string of the molecule is CC(=O)c1cccc(-c2cc(CC(C)(C)C)c3[nH]c(=O)n(C)c3n2)c1. The van der Waals surface area contributed by atoms with Crippen molar-refractivity contribution in [3.05, 3.63) is 51.9 Å². The zero-order valence-electron chi connectivity index (χ0n) is 15.3. The van der Waals surface area contributed by atoms with E-state index >= 15 is 0 Å². The van der Waals surface area contributed by atoms with Gasteiger partial charge in [0.05, 0.1) is 11.2 Å². The van der Waals surface area contributed by atoms with E-state index in [4.69, 9.17) is 0 Å². The van der Waals surface area contributed by atoms with Crippen molar-refractivity contribution in [2.24, 2.45) is 12.5 Å². The monoisotopic (exact) mass is 337 g/mol. The molecule has 0 aliphatic rings. The van der Waals surface area contributed by atoms with Gasteiger partial charge in [0.25, 0.3) is 0 Å². The topological polar surface area (TPSA) is 67.8 Å². The molecule has 1 N–H and O–H groups in total. The number of aromatic amines is 1. The van der Waals surface area contributed by atoms with Crippen LogP contribution < -0.4 is 5.69 Å². The number of H-pyrrole nitrogens is 1. The smallest absolute Gasteiger partial charge is 0.304 e. The van der Waals surface area contributed by atoms with Gasteiger partial charge in [-0.2, -0.15) is 0 Å². The van der Waals surface area contributed by atoms with Gasteiger partial charge in [-0.25, -0.2) is 9.78 Å². The molecule has 0 bridgehead atoms. The number of hydrogen-bond donors (Lipinski definition) is 1. The lowest BCUT2D eigenvalue weighted by Gasteiger charge is -2.19. The minimum atomic E-state index is -0.174. The molecule has 0 fully saturated rings. The molecule has 0 aliphatic carbocycles. The number of carbonyl (C=O) groups is 1. The first-order valence-corrected chi connectivity index (χ1v) is 8.36. The Balaban J connectivity index is 2.26. The highest BCUT2D eigenvalue weighted by Gasteiger charge is 2.18. The molecular weight excluding hydrogens is 314 g/mol. The van der Waals surface area contributed by atoms with E-state index in [-0.39, 0.29) is 16.9 Å². The van der Waals surface area contributed by atoms with Crippen LogP contribution in [0.5, 0.6) is 0 Å². The van der Waals surface area contributed by atoms with Crippen LogP contribution in [0.1, 0.15) is 43.6 Å². The molecule has 0 unspecified atom stereocenters. The van der Waals surface area contributed by atoms with Crippen LogP contribution in [0.3, 0.4) is 0 Å². The van der Waals surface area contributed by atoms with Crippen molar-refractivity contribution in [2.75, 3.05) is 0 Å². The number of Topliss-reactive ketones (excluding diaryl/α,β-unsaturated/α-hetero) is 1. The Morgan fingerprint density at radius 2 is 1.96 bits per heavy atom. The van der Waals surface area contributed by atoms with E-state index in [1.165, 1.54) is 4.57 Å². The van der Waals surface area contributed by atoms with Crippen molar-refractivity contribution in [3.63, 3.8) is 0 Å². The highest BCUT2D eigenvalue weighted by Crippen LogP contribution is 2.29. The van der Waals surface area contributed by atoms with Gasteiger partial charge in [-0.3, -0.25) is 9.36 Å². The summed E-state index contributed by atoms with van der Waals surface area (Å²) in [7, 11) is 1.71. The molecule has 0 spiro atoms. The fraction of sp³-hybridized carbons (Fsp3) is 0.350. The third-order valence-corrected chi connectivity index (χ3v) is 4.22. The lowest BCUT2D eigenvalue weighted by molar-refractivity contribution is 0.101. The number of carbonyl (C=O) groups excluding carboxylic acids is 1. The van der Waals surface area contributed by atoms with Crippen LogP contribution in [0.4, 0.5) is 0 Å². The Morgan fingerprint density at radius 3 is 2.60 bits per heavy atom. The molecule has 2 aromatic heterocycles. The average Bonchev–Trinajstić information content (AvgIpc) is 2.82. The summed E-state index contributed by atoms with van der Waals surface area (Å²) in [5.41, 5.74) is 4.66. The molecule has 2 heterocycles. The Morgan fingerprint density at radius 1 is 1.24 bits per heavy atom. The van der Waals surface area contributed by atoms with Gasteiger partial charge in [0.15, 0.2) is 11.4 Å². The van der Waals surface area contributed by atoms with Crippen LogP contribution in [0.25, 0.3) is 22.4 Å². The predicted molar refractivity (Wildman–Crippen MR) is 99.9 cm³/mol. The molecule has 1 aromatic carbocycles. The molecule has 0 aliphatic heterocycles. The van der Waals surface area contributed by atoms with Crippen LogP contribution in [0, 0.1) is 5.41 Å². The van der Waals surface area contributed by atoms with Gasteiger partial charge in [-0.1, -0.05) is 39.0 Å². The molecule has 5 nitrogen and oxygen atoms in total. The molecule has 130 valence electrons. The second-order valence-electron chi connectivity index (χ2n) is 7.73. The summed E-state index contributed by atoms with van der Waals surface area (Å²) in [5, 5.41) is 0. The van der Waals surface area contributed by atoms with E-state index in [0.29, 0.717) is 11.2 Å². The summed E-state index contributed by atoms with van der Waals surface area (Å²) in [4.78, 5) is 31.3. The third kappa shape index (κ3) is 3.40. The number of nitrogens with one attached hydrogen (secondary N) is 1. The van der Waals surface area contributed by atoms with E-state index in [2.05, 4.69) is 30.7 Å². The van der Waals surface area contributed by atoms with Crippen LogP contribution in [0.2, 0.25) is 0 Å². The largest absolute Gasteiger partial charge is 0.327 e. The number of ketones is 1. The number of aromatic nitrogens is 3. The van der Waals surface area contributed by atoms with Gasteiger partial charge < -0.3 is 4.98 Å². The summed E-state index contributed by atoms with van der Waals surface area (Å²) in [5.74, 6) is 0.0203. The lowest BCUT2D eigenvalue weighted by Crippen LogP contribution is -2.12. The molecule has 0 amide bonds. The van der Waals surface area contributed by atoms with Gasteiger partial charge in [0, 0.05) is 18.2 Å². The number of aryl methyl sites for hydroxylation is 1. The zero-order valence-corrected chi connectivity index (χ0v) is 15.3. The van der Waals surface area contributed by atoms with Gasteiger partial charge in [-0.15, -0.1) is 0 Å². The quantitative estimate of drug-likeness (QED) is 0.741. The first-order chi connectivity index (χ1) is 11.7. The summed E-state index contributed by atoms with van der Waals surface area (Å²) in [6.07, 6.45) is 0.811. The second-order valence-corrected chi connectivity index (χ2v) is 7.73. The van der Waals surface area contributed by atoms with Crippen LogP contribution in [-0.2, 0) is 13.5 Å². The van der Waals surface area contributed by atoms with Crippen molar-refractivity contribution in [1.29, 1.82) is 0 Å². The Kier molecular flexibility index (Phi) is 4.11. The standard InChI is InChI=1S/C20H23N3O2/c1-12(24)13-7-6-8-14(9-13)16-10-15(11-20(2,3)4)17-18(21-16)23(5)19(25)22-17/h6-10H,11H2,1-5H3,(H,22,25). The van der Waals surface area contributed by atoms with Gasteiger partial charge >= 0.3 is 5.69 Å². The predicted octanol–water partition coefficient (Wildman–Crippen LogP) is 3.72. The maximum absolute atomic E-state index is 12.1. The molecule has 25 heavy (non-hydrogen) atoms. The summed E-state index contributed by atoms with van der Waals surface area (Å²) >= 11 is 0. The van der Waals surface area contributed by atoms with E-state index in [1.807, 2.05) is 24.3 Å². The highest BCUT2D eigenvalue weighted by atomic mass is 16.1. The van der Waals surface area contributed by atoms with Crippen molar-refractivity contribution in [2.45, 2.75) is 34.1 Å².